The quantitative estimate of drug-likeness (QED) is 0.637. The number of hydrogen-bond acceptors (Lipinski definition) is 3. The summed E-state index contributed by atoms with van der Waals surface area (Å²) in [5.74, 6) is -2.85. The smallest absolute Gasteiger partial charge is 0.341 e. The van der Waals surface area contributed by atoms with Crippen molar-refractivity contribution in [3.05, 3.63) is 35.4 Å². The topological polar surface area (TPSA) is 61.2 Å². The van der Waals surface area contributed by atoms with Crippen LogP contribution in [0.3, 0.4) is 0 Å². The molecule has 1 amide bonds. The van der Waals surface area contributed by atoms with E-state index in [0.29, 0.717) is 13.1 Å². The molecule has 1 aliphatic heterocycles. The fourth-order valence-corrected chi connectivity index (χ4v) is 2.34. The van der Waals surface area contributed by atoms with Gasteiger partial charge in [-0.25, -0.2) is 0 Å². The van der Waals surface area contributed by atoms with Crippen LogP contribution in [0, 0.1) is 17.2 Å². The number of benzene rings is 1. The zero-order chi connectivity index (χ0) is 16.3. The molecule has 1 aromatic rings. The fourth-order valence-electron chi connectivity index (χ4n) is 2.34. The van der Waals surface area contributed by atoms with Crippen LogP contribution in [-0.2, 0) is 11.0 Å². The molecule has 1 atom stereocenters. The van der Waals surface area contributed by atoms with E-state index in [4.69, 9.17) is 5.26 Å². The Morgan fingerprint density at radius 1 is 1.14 bits per heavy atom. The highest BCUT2D eigenvalue weighted by Crippen LogP contribution is 2.29. The molecule has 0 aromatic heterocycles. The number of nitriles is 1. The summed E-state index contributed by atoms with van der Waals surface area (Å²) in [5.41, 5.74) is -0.962. The van der Waals surface area contributed by atoms with Crippen molar-refractivity contribution in [1.29, 1.82) is 5.26 Å². The molecule has 0 bridgehead atoms. The summed E-state index contributed by atoms with van der Waals surface area (Å²) in [7, 11) is 0. The lowest BCUT2D eigenvalue weighted by molar-refractivity contribution is -0.137. The van der Waals surface area contributed by atoms with Crippen molar-refractivity contribution in [2.45, 2.75) is 19.0 Å². The number of rotatable bonds is 3. The SMILES string of the molecule is N#CC(C(=O)c1ccc(C(F)(F)F)cc1)C(=O)N1CCCC1. The van der Waals surface area contributed by atoms with Crippen LogP contribution in [0.4, 0.5) is 13.2 Å². The molecule has 0 radical (unpaired) electrons. The van der Waals surface area contributed by atoms with Crippen molar-refractivity contribution >= 4 is 11.7 Å². The van der Waals surface area contributed by atoms with Crippen LogP contribution >= 0.6 is 0 Å². The Kier molecular flexibility index (Phi) is 4.50. The van der Waals surface area contributed by atoms with Crippen molar-refractivity contribution in [2.75, 3.05) is 13.1 Å². The highest BCUT2D eigenvalue weighted by molar-refractivity contribution is 6.12. The Morgan fingerprint density at radius 2 is 1.68 bits per heavy atom. The minimum Gasteiger partial charge on any atom is -0.341 e. The number of ketones is 1. The third kappa shape index (κ3) is 3.27. The highest BCUT2D eigenvalue weighted by atomic mass is 19.4. The predicted molar refractivity (Wildman–Crippen MR) is 70.7 cm³/mol. The van der Waals surface area contributed by atoms with Crippen molar-refractivity contribution in [3.63, 3.8) is 0 Å². The van der Waals surface area contributed by atoms with Gasteiger partial charge in [0.05, 0.1) is 11.6 Å². The van der Waals surface area contributed by atoms with Gasteiger partial charge in [-0.1, -0.05) is 12.1 Å². The number of carbonyl (C=O) groups is 2. The minimum absolute atomic E-state index is 0.0768. The maximum atomic E-state index is 12.5. The number of likely N-dealkylation sites (tertiary alicyclic amines) is 1. The van der Waals surface area contributed by atoms with Gasteiger partial charge in [-0.2, -0.15) is 18.4 Å². The Hall–Kier alpha value is -2.36. The van der Waals surface area contributed by atoms with Gasteiger partial charge in [-0.15, -0.1) is 0 Å². The Balaban J connectivity index is 2.18. The first-order chi connectivity index (χ1) is 10.3. The molecule has 1 aliphatic rings. The largest absolute Gasteiger partial charge is 0.416 e. The van der Waals surface area contributed by atoms with Crippen molar-refractivity contribution in [2.24, 2.45) is 5.92 Å². The van der Waals surface area contributed by atoms with E-state index in [1.807, 2.05) is 0 Å². The lowest BCUT2D eigenvalue weighted by Crippen LogP contribution is -2.37. The van der Waals surface area contributed by atoms with Crippen molar-refractivity contribution in [3.8, 4) is 6.07 Å². The zero-order valence-electron chi connectivity index (χ0n) is 11.6. The van der Waals surface area contributed by atoms with Crippen LogP contribution in [0.1, 0.15) is 28.8 Å². The maximum Gasteiger partial charge on any atom is 0.416 e. The normalized spacial score (nSPS) is 16.2. The predicted octanol–water partition coefficient (Wildman–Crippen LogP) is 2.65. The number of hydrogen-bond donors (Lipinski definition) is 0. The molecule has 0 saturated carbocycles. The van der Waals surface area contributed by atoms with Crippen LogP contribution in [0.25, 0.3) is 0 Å². The number of carbonyl (C=O) groups excluding carboxylic acids is 2. The number of nitrogens with zero attached hydrogens (tertiary/aromatic N) is 2. The Morgan fingerprint density at radius 3 is 2.14 bits per heavy atom. The fraction of sp³-hybridized carbons (Fsp3) is 0.400. The molecular formula is C15H13F3N2O2. The summed E-state index contributed by atoms with van der Waals surface area (Å²) >= 11 is 0. The number of alkyl halides is 3. The van der Waals surface area contributed by atoms with Gasteiger partial charge in [0.1, 0.15) is 0 Å². The first-order valence-electron chi connectivity index (χ1n) is 6.74. The summed E-state index contributed by atoms with van der Waals surface area (Å²) in [4.78, 5) is 25.7. The molecule has 4 nitrogen and oxygen atoms in total. The van der Waals surface area contributed by atoms with Gasteiger partial charge < -0.3 is 4.90 Å². The zero-order valence-corrected chi connectivity index (χ0v) is 11.6. The van der Waals surface area contributed by atoms with Gasteiger partial charge in [-0.3, -0.25) is 9.59 Å². The van der Waals surface area contributed by atoms with Gasteiger partial charge in [0, 0.05) is 18.7 Å². The number of halogens is 3. The van der Waals surface area contributed by atoms with Crippen LogP contribution in [0.15, 0.2) is 24.3 Å². The molecule has 7 heteroatoms. The molecule has 0 spiro atoms. The molecule has 1 fully saturated rings. The minimum atomic E-state index is -4.50. The summed E-state index contributed by atoms with van der Waals surface area (Å²) in [6, 6.07) is 5.18. The Labute approximate surface area is 125 Å². The van der Waals surface area contributed by atoms with Crippen molar-refractivity contribution in [1.82, 2.24) is 4.90 Å². The molecule has 0 N–H and O–H groups in total. The summed E-state index contributed by atoms with van der Waals surface area (Å²) in [6.45, 7) is 0.995. The van der Waals surface area contributed by atoms with Gasteiger partial charge in [-0.05, 0) is 25.0 Å². The standard InChI is InChI=1S/C15H13F3N2O2/c16-15(17,18)11-5-3-10(4-6-11)13(21)12(9-19)14(22)20-7-1-2-8-20/h3-6,12H,1-2,7-8H2. The average molecular weight is 310 g/mol. The highest BCUT2D eigenvalue weighted by Gasteiger charge is 2.34. The summed E-state index contributed by atoms with van der Waals surface area (Å²) in [6.07, 6.45) is -2.86. The molecule has 0 aliphatic carbocycles. The first kappa shape index (κ1) is 16.0. The molecule has 116 valence electrons. The number of amides is 1. The van der Waals surface area contributed by atoms with Gasteiger partial charge >= 0.3 is 6.18 Å². The van der Waals surface area contributed by atoms with E-state index in [0.717, 1.165) is 37.1 Å². The van der Waals surface area contributed by atoms with Crippen LogP contribution < -0.4 is 0 Å². The van der Waals surface area contributed by atoms with Gasteiger partial charge in [0.15, 0.2) is 11.7 Å². The summed E-state index contributed by atoms with van der Waals surface area (Å²) < 4.78 is 37.4. The summed E-state index contributed by atoms with van der Waals surface area (Å²) in [5, 5.41) is 9.07. The van der Waals surface area contributed by atoms with E-state index in [1.165, 1.54) is 4.90 Å². The first-order valence-corrected chi connectivity index (χ1v) is 6.74. The molecule has 1 heterocycles. The molecule has 1 aromatic carbocycles. The Bertz CT molecular complexity index is 611. The number of Topliss-reactive ketones (excluding diaryl/α,β-unsaturated/α-hetero) is 1. The lowest BCUT2D eigenvalue weighted by Gasteiger charge is -2.18. The van der Waals surface area contributed by atoms with Gasteiger partial charge in [0.25, 0.3) is 0 Å². The van der Waals surface area contributed by atoms with Crippen molar-refractivity contribution < 1.29 is 22.8 Å². The molecule has 2 rings (SSSR count). The van der Waals surface area contributed by atoms with E-state index >= 15 is 0 Å². The molecular weight excluding hydrogens is 297 g/mol. The van der Waals surface area contributed by atoms with E-state index in [-0.39, 0.29) is 5.56 Å². The van der Waals surface area contributed by atoms with Crippen LogP contribution in [0.2, 0.25) is 0 Å². The second-order valence-corrected chi connectivity index (χ2v) is 5.03. The average Bonchev–Trinajstić information content (AvgIpc) is 3.01. The third-order valence-corrected chi connectivity index (χ3v) is 3.55. The van der Waals surface area contributed by atoms with E-state index < -0.39 is 29.3 Å². The van der Waals surface area contributed by atoms with Crippen LogP contribution in [0.5, 0.6) is 0 Å². The van der Waals surface area contributed by atoms with Crippen LogP contribution in [-0.4, -0.2) is 29.7 Å². The second kappa shape index (κ2) is 6.18. The monoisotopic (exact) mass is 310 g/mol. The molecule has 1 saturated heterocycles. The van der Waals surface area contributed by atoms with Gasteiger partial charge in [0.2, 0.25) is 5.91 Å². The maximum absolute atomic E-state index is 12.5. The van der Waals surface area contributed by atoms with E-state index in [9.17, 15) is 22.8 Å². The van der Waals surface area contributed by atoms with E-state index in [1.54, 1.807) is 6.07 Å². The molecule has 1 unspecified atom stereocenters. The molecule has 22 heavy (non-hydrogen) atoms. The lowest BCUT2D eigenvalue weighted by atomic mass is 9.96. The third-order valence-electron chi connectivity index (χ3n) is 3.55. The van der Waals surface area contributed by atoms with E-state index in [2.05, 4.69) is 0 Å². The second-order valence-electron chi connectivity index (χ2n) is 5.03.